The van der Waals surface area contributed by atoms with E-state index < -0.39 is 76.9 Å². The minimum absolute atomic E-state index is 0.00421. The highest BCUT2D eigenvalue weighted by Crippen LogP contribution is 2.57. The van der Waals surface area contributed by atoms with Gasteiger partial charge >= 0.3 is 11.7 Å². The Hall–Kier alpha value is -5.97. The molecule has 2 fully saturated rings. The number of aromatic amines is 2. The fourth-order valence-corrected chi connectivity index (χ4v) is 10.4. The number of ether oxygens (including phenoxy) is 6. The van der Waals surface area contributed by atoms with E-state index in [-0.39, 0.29) is 54.6 Å². The summed E-state index contributed by atoms with van der Waals surface area (Å²) >= 11 is 10.7. The van der Waals surface area contributed by atoms with E-state index in [0.717, 1.165) is 16.7 Å². The van der Waals surface area contributed by atoms with Crippen molar-refractivity contribution in [3.8, 4) is 11.5 Å². The van der Waals surface area contributed by atoms with Crippen LogP contribution in [0.3, 0.4) is 0 Å². The number of carbonyl (C=O) groups excluding carboxylic acids is 2. The first-order valence-electron chi connectivity index (χ1n) is 22.2. The van der Waals surface area contributed by atoms with Crippen molar-refractivity contribution >= 4 is 58.7 Å². The number of rotatable bonds is 18. The predicted octanol–water partition coefficient (Wildman–Crippen LogP) is 5.66. The van der Waals surface area contributed by atoms with Crippen LogP contribution in [0, 0.1) is 12.8 Å². The Bertz CT molecular complexity index is 3030. The minimum atomic E-state index is -3.57. The maximum absolute atomic E-state index is 13.3. The van der Waals surface area contributed by atoms with Crippen LogP contribution in [0.5, 0.6) is 11.5 Å². The van der Waals surface area contributed by atoms with Crippen molar-refractivity contribution in [1.82, 2.24) is 29.1 Å². The van der Waals surface area contributed by atoms with Crippen molar-refractivity contribution in [3.05, 3.63) is 145 Å². The number of hydrogen-bond donors (Lipinski definition) is 4. The molecule has 6 aromatic rings. The highest BCUT2D eigenvalue weighted by molar-refractivity contribution is 8.60. The van der Waals surface area contributed by atoms with Gasteiger partial charge in [-0.1, -0.05) is 80.7 Å². The molecule has 7 atom stereocenters. The number of aromatic nitrogens is 6. The first-order valence-corrected chi connectivity index (χ1v) is 26.0. The Kier molecular flexibility index (Phi) is 15.2. The summed E-state index contributed by atoms with van der Waals surface area (Å²) in [5, 5.41) is 2.65. The van der Waals surface area contributed by atoms with Gasteiger partial charge in [0.25, 0.3) is 11.1 Å². The first kappa shape index (κ1) is 50.4. The summed E-state index contributed by atoms with van der Waals surface area (Å²) in [5.41, 5.74) is -3.94. The molecule has 3 aromatic carbocycles. The lowest BCUT2D eigenvalue weighted by molar-refractivity contribution is -0.150. The molecule has 0 saturated carbocycles. The van der Waals surface area contributed by atoms with E-state index in [4.69, 9.17) is 61.5 Å². The first-order chi connectivity index (χ1) is 33.5. The second-order valence-electron chi connectivity index (χ2n) is 17.0. The van der Waals surface area contributed by atoms with Gasteiger partial charge in [0.1, 0.15) is 47.9 Å². The Morgan fingerprint density at radius 2 is 1.44 bits per heavy atom. The molecule has 2 saturated heterocycles. The highest BCUT2D eigenvalue weighted by atomic mass is 32.9. The van der Waals surface area contributed by atoms with E-state index in [2.05, 4.69) is 25.3 Å². The lowest BCUT2D eigenvalue weighted by atomic mass is 9.80. The number of fused-ring (bicyclic) bond motifs is 1. The van der Waals surface area contributed by atoms with Gasteiger partial charge in [0.2, 0.25) is 17.5 Å². The number of methoxy groups -OCH3 is 2. The van der Waals surface area contributed by atoms with E-state index in [1.807, 2.05) is 78.9 Å². The average Bonchev–Trinajstić information content (AvgIpc) is 4.07. The summed E-state index contributed by atoms with van der Waals surface area (Å²) in [6, 6.07) is 24.8. The third-order valence-corrected chi connectivity index (χ3v) is 14.2. The van der Waals surface area contributed by atoms with Gasteiger partial charge in [-0.25, -0.2) is 9.78 Å². The molecule has 0 radical (unpaired) electrons. The molecule has 1 amide bonds. The zero-order chi connectivity index (χ0) is 49.9. The summed E-state index contributed by atoms with van der Waals surface area (Å²) in [6.07, 6.45) is -2.44. The molecule has 0 bridgehead atoms. The van der Waals surface area contributed by atoms with Gasteiger partial charge in [-0.15, -0.1) is 0 Å². The summed E-state index contributed by atoms with van der Waals surface area (Å²) < 4.78 is 52.6. The number of anilines is 1. The van der Waals surface area contributed by atoms with Crippen molar-refractivity contribution in [2.24, 2.45) is 5.92 Å². The standard InChI is InChI=1S/C47H52N7O13PS2/c1-26(2)42(56)50-45-49-41-40(44(58)51-45)48-25-54(41)39-21-35(67-68(69,70)63-24-37-34(64-28(4)55)20-38(66-37)53-22-27(3)43(57)52-46(53)59)36(65-39)23-62-47(29-10-8-7-9-11-29,30-12-16-32(60-5)17-13-30)31-14-18-33(61-6)19-15-31/h7-19,22,25-26,34-39H,20-21,23-24H2,1-6H3,(H,69,70)(H,52,57,59)(H2,49,50,51,56,58)/t34-,35-,36+,37+,38+,39+/m0/s1. The van der Waals surface area contributed by atoms with Crippen LogP contribution in [0.15, 0.2) is 106 Å². The number of nitrogens with zero attached hydrogens (tertiary/aromatic N) is 4. The van der Waals surface area contributed by atoms with Crippen LogP contribution in [0.4, 0.5) is 5.95 Å². The summed E-state index contributed by atoms with van der Waals surface area (Å²) in [5.74, 6) is -0.133. The molecule has 2 aliphatic rings. The van der Waals surface area contributed by atoms with Crippen LogP contribution in [0.2, 0.25) is 0 Å². The molecule has 2 aliphatic heterocycles. The number of hydrogen-bond acceptors (Lipinski definition) is 16. The minimum Gasteiger partial charge on any atom is -0.497 e. The Balaban J connectivity index is 1.13. The number of aryl methyl sites for hydroxylation is 1. The van der Waals surface area contributed by atoms with Crippen LogP contribution in [-0.4, -0.2) is 92.8 Å². The van der Waals surface area contributed by atoms with Gasteiger partial charge in [0.15, 0.2) is 11.2 Å². The summed E-state index contributed by atoms with van der Waals surface area (Å²) in [6.45, 7) is 5.83. The number of imidazole rings is 1. The number of carbonyl (C=O) groups is 2. The fourth-order valence-electron chi connectivity index (χ4n) is 8.40. The molecule has 3 N–H and O–H groups in total. The van der Waals surface area contributed by atoms with E-state index in [9.17, 15) is 24.0 Å². The maximum Gasteiger partial charge on any atom is 0.330 e. The Morgan fingerprint density at radius 3 is 2.04 bits per heavy atom. The monoisotopic (exact) mass is 1020 g/mol. The van der Waals surface area contributed by atoms with Crippen LogP contribution in [-0.2, 0) is 55.0 Å². The third-order valence-electron chi connectivity index (χ3n) is 12.0. The van der Waals surface area contributed by atoms with Crippen molar-refractivity contribution in [2.75, 3.05) is 32.8 Å². The molecule has 1 unspecified atom stereocenters. The average molecular weight is 1020 g/mol. The van der Waals surface area contributed by atoms with Gasteiger partial charge in [-0.2, -0.15) is 4.98 Å². The molecule has 370 valence electrons. The largest absolute Gasteiger partial charge is 0.497 e. The Labute approximate surface area is 411 Å². The molecule has 5 heterocycles. The number of H-pyrrole nitrogens is 2. The lowest BCUT2D eigenvalue weighted by Crippen LogP contribution is -2.38. The van der Waals surface area contributed by atoms with E-state index in [0.29, 0.717) is 11.5 Å². The quantitative estimate of drug-likeness (QED) is 0.0352. The molecule has 0 aliphatic carbocycles. The molecule has 23 heteroatoms. The van der Waals surface area contributed by atoms with E-state index in [1.165, 1.54) is 24.0 Å². The molecule has 8 rings (SSSR count). The SMILES string of the molecule is COc1ccc(C(OC[C@H]2O[C@@H](n3cnc4c(=O)[nH]c(NC(=O)C(C)C)nc43)C[C@@H]2OP(=S)(S)OC[C@H]2O[C@@H](n3cc(C)c(=O)[nH]c3=O)C[C@@H]2OC(C)=O)(c2ccccc2)c2ccc(OC)cc2)cc1. The van der Waals surface area contributed by atoms with Crippen molar-refractivity contribution in [3.63, 3.8) is 0 Å². The molecule has 0 spiro atoms. The fraction of sp³-hybridized carbons (Fsp3) is 0.383. The van der Waals surface area contributed by atoms with Crippen LogP contribution in [0.25, 0.3) is 11.2 Å². The molecular weight excluding hydrogens is 966 g/mol. The number of benzene rings is 3. The molecule has 20 nitrogen and oxygen atoms in total. The van der Waals surface area contributed by atoms with Gasteiger partial charge in [0.05, 0.1) is 39.9 Å². The number of nitrogens with one attached hydrogen (secondary N) is 3. The third kappa shape index (κ3) is 10.8. The normalized spacial score (nSPS) is 21.1. The predicted molar refractivity (Wildman–Crippen MR) is 263 cm³/mol. The molecule has 3 aromatic heterocycles. The lowest BCUT2D eigenvalue weighted by Gasteiger charge is -2.37. The maximum atomic E-state index is 13.3. The van der Waals surface area contributed by atoms with Gasteiger partial charge in [-0.3, -0.25) is 43.6 Å². The molecular formula is C47H52N7O13PS2. The number of thiol groups is 1. The smallest absolute Gasteiger partial charge is 0.330 e. The zero-order valence-corrected chi connectivity index (χ0v) is 41.5. The summed E-state index contributed by atoms with van der Waals surface area (Å²) in [4.78, 5) is 76.9. The second kappa shape index (κ2) is 21.2. The molecule has 70 heavy (non-hydrogen) atoms. The number of esters is 1. The van der Waals surface area contributed by atoms with Crippen molar-refractivity contribution in [2.45, 2.75) is 83.0 Å². The summed E-state index contributed by atoms with van der Waals surface area (Å²) in [7, 11) is 3.18. The Morgan fingerprint density at radius 1 is 0.857 bits per heavy atom. The number of amides is 1. The van der Waals surface area contributed by atoms with Crippen molar-refractivity contribution < 1.29 is 47.1 Å². The van der Waals surface area contributed by atoms with Gasteiger partial charge in [-0.05, 0) is 59.7 Å². The van der Waals surface area contributed by atoms with E-state index >= 15 is 0 Å². The van der Waals surface area contributed by atoms with Crippen LogP contribution < -0.4 is 31.6 Å². The van der Waals surface area contributed by atoms with Gasteiger partial charge < -0.3 is 37.5 Å². The highest BCUT2D eigenvalue weighted by Gasteiger charge is 2.46. The topological polar surface area (TPSA) is 238 Å². The van der Waals surface area contributed by atoms with Gasteiger partial charge in [0, 0.05) is 37.4 Å². The zero-order valence-electron chi connectivity index (χ0n) is 38.9. The van der Waals surface area contributed by atoms with Crippen LogP contribution in [0.1, 0.15) is 68.3 Å². The second-order valence-corrected chi connectivity index (χ2v) is 22.2. The van der Waals surface area contributed by atoms with Crippen LogP contribution >= 0.6 is 17.9 Å². The van der Waals surface area contributed by atoms with Crippen molar-refractivity contribution in [1.29, 1.82) is 0 Å². The van der Waals surface area contributed by atoms with E-state index in [1.54, 1.807) is 39.6 Å².